The van der Waals surface area contributed by atoms with Gasteiger partial charge >= 0.3 is 12.2 Å². The van der Waals surface area contributed by atoms with Gasteiger partial charge in [-0.3, -0.25) is 5.32 Å². The largest absolute Gasteiger partial charge is 0.465 e. The van der Waals surface area contributed by atoms with Gasteiger partial charge in [0, 0.05) is 31.0 Å². The quantitative estimate of drug-likeness (QED) is 0.178. The molecule has 1 saturated heterocycles. The van der Waals surface area contributed by atoms with Crippen LogP contribution in [0.2, 0.25) is 0 Å². The molecule has 0 saturated carbocycles. The fourth-order valence-corrected chi connectivity index (χ4v) is 4.50. The number of unbranched alkanes of at least 4 members (excludes halogenated alkanes) is 7. The van der Waals surface area contributed by atoms with Crippen molar-refractivity contribution in [2.75, 3.05) is 13.1 Å². The Labute approximate surface area is 231 Å². The number of carboxylic acid groups (broad SMARTS) is 1. The predicted octanol–water partition coefficient (Wildman–Crippen LogP) is 6.45. The van der Waals surface area contributed by atoms with E-state index in [9.17, 15) is 9.59 Å². The standard InChI is InChI=1S/C29H43N5O5/c1-5-6-7-8-9-10-11-12-13-21-14-16-23(17-15-21)25-30-24(39-33-25)18-22-19-34(20-22)26(31-27(35)36)32-28(37)38-29(2,3)4/h14-17,22H,5-13,18-20H2,1-4H3,(H,35,36)(H,31,32,37). The summed E-state index contributed by atoms with van der Waals surface area (Å²) < 4.78 is 10.6. The summed E-state index contributed by atoms with van der Waals surface area (Å²) in [6.07, 6.45) is 10.0. The second-order valence-corrected chi connectivity index (χ2v) is 11.3. The first-order valence-corrected chi connectivity index (χ1v) is 14.1. The van der Waals surface area contributed by atoms with Crippen molar-refractivity contribution >= 4 is 18.1 Å². The smallest absolute Gasteiger partial charge is 0.437 e. The minimum atomic E-state index is -1.30. The van der Waals surface area contributed by atoms with Crippen LogP contribution in [0.1, 0.15) is 90.5 Å². The number of nitrogens with one attached hydrogen (secondary N) is 1. The monoisotopic (exact) mass is 541 g/mol. The number of hydrogen-bond donors (Lipinski definition) is 2. The maximum atomic E-state index is 12.0. The SMILES string of the molecule is CCCCCCCCCCc1ccc(-c2noc(CC3CN(C(=NC(=O)OC(C)(C)C)NC(=O)O)C3)n2)cc1. The van der Waals surface area contributed by atoms with Gasteiger partial charge in [0.2, 0.25) is 17.7 Å². The van der Waals surface area contributed by atoms with Crippen molar-refractivity contribution in [2.45, 2.75) is 97.5 Å². The van der Waals surface area contributed by atoms with E-state index in [-0.39, 0.29) is 11.9 Å². The number of aromatic nitrogens is 2. The summed E-state index contributed by atoms with van der Waals surface area (Å²) in [5.74, 6) is 1.19. The van der Waals surface area contributed by atoms with Crippen molar-refractivity contribution in [3.63, 3.8) is 0 Å². The van der Waals surface area contributed by atoms with Gasteiger partial charge < -0.3 is 19.3 Å². The second-order valence-electron chi connectivity index (χ2n) is 11.3. The van der Waals surface area contributed by atoms with Crippen LogP contribution in [0.4, 0.5) is 9.59 Å². The molecule has 0 unspecified atom stereocenters. The van der Waals surface area contributed by atoms with Gasteiger partial charge in [0.15, 0.2) is 0 Å². The number of likely N-dealkylation sites (tertiary alicyclic amines) is 1. The molecule has 3 rings (SSSR count). The number of carbonyl (C=O) groups excluding carboxylic acids is 1. The van der Waals surface area contributed by atoms with Crippen molar-refractivity contribution in [3.05, 3.63) is 35.7 Å². The van der Waals surface area contributed by atoms with Crippen LogP contribution in [-0.2, 0) is 17.6 Å². The number of hydrogen-bond acceptors (Lipinski definition) is 6. The molecule has 0 spiro atoms. The first kappa shape index (κ1) is 30.1. The van der Waals surface area contributed by atoms with Gasteiger partial charge in [-0.15, -0.1) is 4.99 Å². The average Bonchev–Trinajstić information content (AvgIpc) is 3.30. The number of aliphatic imine (C=N–C) groups is 1. The van der Waals surface area contributed by atoms with E-state index < -0.39 is 17.8 Å². The Kier molecular flexibility index (Phi) is 11.3. The van der Waals surface area contributed by atoms with Crippen molar-refractivity contribution in [2.24, 2.45) is 10.9 Å². The zero-order valence-electron chi connectivity index (χ0n) is 23.7. The summed E-state index contributed by atoms with van der Waals surface area (Å²) in [5.41, 5.74) is 1.51. The van der Waals surface area contributed by atoms with E-state index in [1.165, 1.54) is 56.9 Å². The van der Waals surface area contributed by atoms with Crippen LogP contribution < -0.4 is 5.32 Å². The highest BCUT2D eigenvalue weighted by molar-refractivity contribution is 5.98. The van der Waals surface area contributed by atoms with Gasteiger partial charge in [0.05, 0.1) is 0 Å². The molecule has 10 heteroatoms. The lowest BCUT2D eigenvalue weighted by atomic mass is 9.97. The van der Waals surface area contributed by atoms with Gasteiger partial charge in [-0.05, 0) is 39.2 Å². The van der Waals surface area contributed by atoms with Crippen LogP contribution >= 0.6 is 0 Å². The molecule has 0 bridgehead atoms. The Morgan fingerprint density at radius 2 is 1.72 bits per heavy atom. The number of benzene rings is 1. The third-order valence-electron chi connectivity index (χ3n) is 6.53. The lowest BCUT2D eigenvalue weighted by molar-refractivity contribution is 0.0597. The molecule has 2 aromatic rings. The summed E-state index contributed by atoms with van der Waals surface area (Å²) in [4.78, 5) is 33.2. The van der Waals surface area contributed by atoms with Crippen LogP contribution in [0.5, 0.6) is 0 Å². The molecule has 2 N–H and O–H groups in total. The predicted molar refractivity (Wildman–Crippen MR) is 150 cm³/mol. The van der Waals surface area contributed by atoms with Crippen LogP contribution in [-0.4, -0.2) is 57.0 Å². The van der Waals surface area contributed by atoms with Crippen LogP contribution in [0.15, 0.2) is 33.8 Å². The summed E-state index contributed by atoms with van der Waals surface area (Å²) in [5, 5.41) is 15.4. The maximum absolute atomic E-state index is 12.0. The first-order chi connectivity index (χ1) is 18.6. The highest BCUT2D eigenvalue weighted by Crippen LogP contribution is 2.23. The molecule has 1 aromatic carbocycles. The Morgan fingerprint density at radius 3 is 2.33 bits per heavy atom. The van der Waals surface area contributed by atoms with Crippen LogP contribution in [0.25, 0.3) is 11.4 Å². The van der Waals surface area contributed by atoms with Crippen molar-refractivity contribution in [1.82, 2.24) is 20.4 Å². The molecule has 0 radical (unpaired) electrons. The normalized spacial score (nSPS) is 14.3. The maximum Gasteiger partial charge on any atom is 0.437 e. The summed E-state index contributed by atoms with van der Waals surface area (Å²) in [6.45, 7) is 8.39. The van der Waals surface area contributed by atoms with Crippen LogP contribution in [0.3, 0.4) is 0 Å². The van der Waals surface area contributed by atoms with Gasteiger partial charge in [0.1, 0.15) is 5.60 Å². The lowest BCUT2D eigenvalue weighted by Crippen LogP contribution is -2.56. The first-order valence-electron chi connectivity index (χ1n) is 14.1. The molecule has 1 aliphatic heterocycles. The highest BCUT2D eigenvalue weighted by atomic mass is 16.6. The van der Waals surface area contributed by atoms with Crippen molar-refractivity contribution < 1.29 is 24.0 Å². The molecule has 2 amide bonds. The number of amides is 2. The molecule has 1 aliphatic rings. The molecule has 0 aliphatic carbocycles. The second kappa shape index (κ2) is 14.6. The molecule has 1 aromatic heterocycles. The Bertz CT molecular complexity index is 1080. The number of rotatable bonds is 12. The fourth-order valence-electron chi connectivity index (χ4n) is 4.50. The van der Waals surface area contributed by atoms with E-state index >= 15 is 0 Å². The fraction of sp³-hybridized carbons (Fsp3) is 0.621. The van der Waals surface area contributed by atoms with Gasteiger partial charge in [-0.2, -0.15) is 4.98 Å². The molecular weight excluding hydrogens is 498 g/mol. The third-order valence-corrected chi connectivity index (χ3v) is 6.53. The third kappa shape index (κ3) is 10.7. The van der Waals surface area contributed by atoms with E-state index in [4.69, 9.17) is 14.4 Å². The topological polar surface area (TPSA) is 130 Å². The highest BCUT2D eigenvalue weighted by Gasteiger charge is 2.33. The molecule has 39 heavy (non-hydrogen) atoms. The summed E-state index contributed by atoms with van der Waals surface area (Å²) >= 11 is 0. The molecule has 2 heterocycles. The number of aryl methyl sites for hydroxylation is 1. The zero-order valence-corrected chi connectivity index (χ0v) is 23.7. The minimum Gasteiger partial charge on any atom is -0.465 e. The van der Waals surface area contributed by atoms with Crippen molar-refractivity contribution in [3.8, 4) is 11.4 Å². The number of carbonyl (C=O) groups is 2. The molecular formula is C29H43N5O5. The molecule has 0 atom stereocenters. The summed E-state index contributed by atoms with van der Waals surface area (Å²) in [7, 11) is 0. The average molecular weight is 542 g/mol. The Morgan fingerprint density at radius 1 is 1.08 bits per heavy atom. The van der Waals surface area contributed by atoms with Crippen LogP contribution in [0, 0.1) is 5.92 Å². The number of nitrogens with zero attached hydrogens (tertiary/aromatic N) is 4. The van der Waals surface area contributed by atoms with E-state index in [0.717, 1.165) is 12.0 Å². The number of guanidine groups is 1. The lowest BCUT2D eigenvalue weighted by Gasteiger charge is -2.40. The zero-order chi connectivity index (χ0) is 28.3. The Hall–Kier alpha value is -3.43. The van der Waals surface area contributed by atoms with Gasteiger partial charge in [-0.1, -0.05) is 81.3 Å². The van der Waals surface area contributed by atoms with E-state index in [0.29, 0.717) is 31.2 Å². The molecule has 10 nitrogen and oxygen atoms in total. The summed E-state index contributed by atoms with van der Waals surface area (Å²) in [6, 6.07) is 8.35. The number of ether oxygens (including phenoxy) is 1. The minimum absolute atomic E-state index is 0.0497. The van der Waals surface area contributed by atoms with Crippen molar-refractivity contribution in [1.29, 1.82) is 0 Å². The molecule has 214 valence electrons. The molecule has 1 fully saturated rings. The van der Waals surface area contributed by atoms with Gasteiger partial charge in [0.25, 0.3) is 0 Å². The van der Waals surface area contributed by atoms with E-state index in [1.807, 2.05) is 12.1 Å². The van der Waals surface area contributed by atoms with E-state index in [1.54, 1.807) is 25.7 Å². The Balaban J connectivity index is 1.43. The van der Waals surface area contributed by atoms with Gasteiger partial charge in [-0.25, -0.2) is 9.59 Å². The van der Waals surface area contributed by atoms with E-state index in [2.05, 4.69) is 39.5 Å².